The summed E-state index contributed by atoms with van der Waals surface area (Å²) in [7, 11) is -3.54. The molecule has 1 aromatic carbocycles. The van der Waals surface area contributed by atoms with E-state index >= 15 is 0 Å². The Hall–Kier alpha value is -2.78. The van der Waals surface area contributed by atoms with E-state index in [4.69, 9.17) is 44.1 Å². The maximum Gasteiger partial charge on any atom is 0.308 e. The molecule has 0 radical (unpaired) electrons. The van der Waals surface area contributed by atoms with Gasteiger partial charge in [0.1, 0.15) is 12.6 Å². The molecule has 0 aliphatic carbocycles. The number of nitrogens with two attached hydrogens (primary N) is 2. The van der Waals surface area contributed by atoms with Gasteiger partial charge in [0.2, 0.25) is 5.91 Å². The average molecular weight is 639 g/mol. The van der Waals surface area contributed by atoms with Crippen LogP contribution in [-0.4, -0.2) is 86.8 Å². The molecule has 0 heterocycles. The van der Waals surface area contributed by atoms with Crippen molar-refractivity contribution in [2.24, 2.45) is 16.5 Å². The van der Waals surface area contributed by atoms with Crippen LogP contribution < -0.4 is 22.1 Å². The molecule has 4 atom stereocenters. The topological polar surface area (TPSA) is 209 Å². The highest BCUT2D eigenvalue weighted by molar-refractivity contribution is 7.90. The fourth-order valence-corrected chi connectivity index (χ4v) is 3.87. The monoisotopic (exact) mass is 637 g/mol. The van der Waals surface area contributed by atoms with Crippen molar-refractivity contribution in [2.75, 3.05) is 26.0 Å². The SMILES string of the molecule is CC(=NCCC(=O)OC[C@@H](NC(=O)C(Cl)Cl)[C@H](OC(=O)CCNC(=O)C(C)N)c1ccc(S(C)(=O)=O)cc1)C(C)N. The fourth-order valence-electron chi connectivity index (χ4n) is 3.11. The summed E-state index contributed by atoms with van der Waals surface area (Å²) in [5, 5.41) is 4.97. The molecule has 0 aliphatic heterocycles. The van der Waals surface area contributed by atoms with Gasteiger partial charge in [-0.15, -0.1) is 0 Å². The third-order valence-electron chi connectivity index (χ3n) is 5.59. The highest BCUT2D eigenvalue weighted by Crippen LogP contribution is 2.25. The quantitative estimate of drug-likeness (QED) is 0.112. The van der Waals surface area contributed by atoms with Gasteiger partial charge in [-0.05, 0) is 38.5 Å². The minimum absolute atomic E-state index is 0.00110. The Balaban J connectivity index is 3.22. The van der Waals surface area contributed by atoms with Crippen LogP contribution in [0.15, 0.2) is 34.2 Å². The molecule has 0 aromatic heterocycles. The Labute approximate surface area is 249 Å². The van der Waals surface area contributed by atoms with E-state index in [0.717, 1.165) is 6.26 Å². The van der Waals surface area contributed by atoms with Crippen LogP contribution in [-0.2, 0) is 38.5 Å². The molecule has 6 N–H and O–H groups in total. The zero-order chi connectivity index (χ0) is 31.3. The molecule has 0 fully saturated rings. The lowest BCUT2D eigenvalue weighted by Gasteiger charge is -2.28. The number of nitrogens with one attached hydrogen (secondary N) is 2. The Kier molecular flexibility index (Phi) is 15.2. The Bertz CT molecular complexity index is 1190. The number of benzene rings is 1. The number of alkyl halides is 2. The number of esters is 2. The minimum atomic E-state index is -3.54. The predicted octanol–water partition coefficient (Wildman–Crippen LogP) is 0.558. The summed E-state index contributed by atoms with van der Waals surface area (Å²) < 4.78 is 34.8. The van der Waals surface area contributed by atoms with Crippen molar-refractivity contribution in [1.82, 2.24) is 10.6 Å². The highest BCUT2D eigenvalue weighted by Gasteiger charge is 2.31. The number of sulfone groups is 1. The number of hydrogen-bond donors (Lipinski definition) is 4. The number of hydrogen-bond acceptors (Lipinski definition) is 11. The van der Waals surface area contributed by atoms with Gasteiger partial charge in [0.05, 0.1) is 23.8 Å². The summed E-state index contributed by atoms with van der Waals surface area (Å²) in [6, 6.07) is 3.12. The second kappa shape index (κ2) is 17.2. The number of carbonyl (C=O) groups is 4. The molecule has 16 heteroatoms. The largest absolute Gasteiger partial charge is 0.463 e. The van der Waals surface area contributed by atoms with Crippen molar-refractivity contribution in [1.29, 1.82) is 0 Å². The molecule has 0 bridgehead atoms. The number of amides is 2. The summed E-state index contributed by atoms with van der Waals surface area (Å²) in [5.74, 6) is -2.77. The summed E-state index contributed by atoms with van der Waals surface area (Å²) in [6.07, 6.45) is -0.603. The molecule has 2 amide bonds. The van der Waals surface area contributed by atoms with E-state index in [0.29, 0.717) is 5.71 Å². The van der Waals surface area contributed by atoms with E-state index in [2.05, 4.69) is 15.6 Å². The van der Waals surface area contributed by atoms with Gasteiger partial charge < -0.3 is 31.6 Å². The summed E-state index contributed by atoms with van der Waals surface area (Å²) in [4.78, 5) is 51.9. The molecular weight excluding hydrogens is 601 g/mol. The van der Waals surface area contributed by atoms with Crippen LogP contribution in [0.4, 0.5) is 0 Å². The average Bonchev–Trinajstić information content (AvgIpc) is 2.88. The zero-order valence-electron chi connectivity index (χ0n) is 23.3. The van der Waals surface area contributed by atoms with Gasteiger partial charge in [-0.1, -0.05) is 35.3 Å². The van der Waals surface area contributed by atoms with E-state index in [1.54, 1.807) is 13.8 Å². The van der Waals surface area contributed by atoms with Gasteiger partial charge in [0, 0.05) is 31.1 Å². The third kappa shape index (κ3) is 13.6. The Morgan fingerprint density at radius 1 is 0.976 bits per heavy atom. The molecule has 0 saturated carbocycles. The first-order valence-electron chi connectivity index (χ1n) is 12.6. The number of nitrogens with zero attached hydrogens (tertiary/aromatic N) is 1. The molecule has 0 aliphatic rings. The lowest BCUT2D eigenvalue weighted by Crippen LogP contribution is -2.46. The smallest absolute Gasteiger partial charge is 0.308 e. The molecule has 0 spiro atoms. The number of halogens is 2. The third-order valence-corrected chi connectivity index (χ3v) is 7.11. The molecule has 230 valence electrons. The second-order valence-corrected chi connectivity index (χ2v) is 12.4. The van der Waals surface area contributed by atoms with Crippen molar-refractivity contribution in [3.05, 3.63) is 29.8 Å². The van der Waals surface area contributed by atoms with Crippen LogP contribution >= 0.6 is 23.2 Å². The molecule has 41 heavy (non-hydrogen) atoms. The zero-order valence-corrected chi connectivity index (χ0v) is 25.6. The Morgan fingerprint density at radius 2 is 1.59 bits per heavy atom. The van der Waals surface area contributed by atoms with Crippen LogP contribution in [0.2, 0.25) is 0 Å². The van der Waals surface area contributed by atoms with Crippen molar-refractivity contribution in [3.63, 3.8) is 0 Å². The lowest BCUT2D eigenvalue weighted by molar-refractivity contribution is -0.155. The summed E-state index contributed by atoms with van der Waals surface area (Å²) >= 11 is 11.4. The van der Waals surface area contributed by atoms with E-state index in [9.17, 15) is 27.6 Å². The molecule has 1 aromatic rings. The predicted molar refractivity (Wildman–Crippen MR) is 154 cm³/mol. The van der Waals surface area contributed by atoms with Gasteiger partial charge in [-0.3, -0.25) is 24.2 Å². The van der Waals surface area contributed by atoms with Gasteiger partial charge in [0.25, 0.3) is 5.91 Å². The highest BCUT2D eigenvalue weighted by atomic mass is 35.5. The van der Waals surface area contributed by atoms with Crippen LogP contribution in [0.1, 0.15) is 45.3 Å². The fraction of sp³-hybridized carbons (Fsp3) is 0.560. The van der Waals surface area contributed by atoms with Crippen molar-refractivity contribution >= 4 is 62.5 Å². The molecule has 13 nitrogen and oxygen atoms in total. The van der Waals surface area contributed by atoms with Gasteiger partial charge in [0.15, 0.2) is 20.8 Å². The first-order valence-corrected chi connectivity index (χ1v) is 15.3. The van der Waals surface area contributed by atoms with Crippen molar-refractivity contribution in [3.8, 4) is 0 Å². The van der Waals surface area contributed by atoms with Crippen LogP contribution in [0.3, 0.4) is 0 Å². The van der Waals surface area contributed by atoms with Crippen LogP contribution in [0.5, 0.6) is 0 Å². The van der Waals surface area contributed by atoms with Gasteiger partial charge in [-0.2, -0.15) is 0 Å². The lowest BCUT2D eigenvalue weighted by atomic mass is 10.0. The summed E-state index contributed by atoms with van der Waals surface area (Å²) in [6.45, 7) is 4.53. The first kappa shape index (κ1) is 36.2. The van der Waals surface area contributed by atoms with E-state index in [1.807, 2.05) is 0 Å². The van der Waals surface area contributed by atoms with Crippen LogP contribution in [0, 0.1) is 0 Å². The van der Waals surface area contributed by atoms with Crippen LogP contribution in [0.25, 0.3) is 0 Å². The molecule has 1 rings (SSSR count). The van der Waals surface area contributed by atoms with Gasteiger partial charge in [-0.25, -0.2) is 8.42 Å². The standard InChI is InChI=1S/C25H37Cl2N5O8S/c1-14(28)16(3)30-11-9-20(33)39-13-19(32-25(36)23(26)27)22(17-5-7-18(8-6-17)41(4,37)38)40-21(34)10-12-31-24(35)15(2)29/h5-8,14-15,19,22-23H,9-13,28-29H2,1-4H3,(H,31,35)(H,32,36)/t14?,15?,19-,22-/m1/s1. The molecule has 0 saturated heterocycles. The minimum Gasteiger partial charge on any atom is -0.463 e. The number of ether oxygens (including phenoxy) is 2. The van der Waals surface area contributed by atoms with E-state index in [1.165, 1.54) is 31.2 Å². The van der Waals surface area contributed by atoms with E-state index < -0.39 is 63.2 Å². The van der Waals surface area contributed by atoms with Gasteiger partial charge >= 0.3 is 11.9 Å². The Morgan fingerprint density at radius 3 is 2.10 bits per heavy atom. The maximum atomic E-state index is 12.7. The summed E-state index contributed by atoms with van der Waals surface area (Å²) in [5.41, 5.74) is 12.1. The van der Waals surface area contributed by atoms with Crippen molar-refractivity contribution < 1.29 is 37.1 Å². The maximum absolute atomic E-state index is 12.7. The first-order chi connectivity index (χ1) is 19.0. The van der Waals surface area contributed by atoms with E-state index in [-0.39, 0.29) is 42.4 Å². The number of rotatable bonds is 16. The normalized spacial score (nSPS) is 14.9. The molecule has 2 unspecified atom stereocenters. The molecular formula is C25H37Cl2N5O8S. The second-order valence-electron chi connectivity index (χ2n) is 9.24. The van der Waals surface area contributed by atoms with Crippen molar-refractivity contribution in [2.45, 2.75) is 67.6 Å². The number of carbonyl (C=O) groups excluding carboxylic acids is 4. The number of aliphatic imine (C=N–C) groups is 1.